The van der Waals surface area contributed by atoms with Crippen LogP contribution in [0, 0.1) is 0 Å². The largest absolute Gasteiger partial charge is 0.273 e. The van der Waals surface area contributed by atoms with Crippen molar-refractivity contribution in [3.05, 3.63) is 12.1 Å². The Morgan fingerprint density at radius 1 is 0.676 bits per heavy atom. The van der Waals surface area contributed by atoms with Crippen LogP contribution in [-0.2, 0) is 9.59 Å². The number of rotatable bonds is 12. The average Bonchev–Trinajstić information content (AvgIpc) is 3.35. The zero-order valence-corrected chi connectivity index (χ0v) is 22.8. The van der Waals surface area contributed by atoms with Crippen LogP contribution in [0.25, 0.3) is 20.4 Å². The first kappa shape index (κ1) is 26.5. The number of benzene rings is 1. The Bertz CT molecular complexity index is 981. The van der Waals surface area contributed by atoms with Crippen molar-refractivity contribution in [3.63, 3.8) is 0 Å². The van der Waals surface area contributed by atoms with Gasteiger partial charge in [-0.2, -0.15) is 0 Å². The Balaban J connectivity index is 2.01. The quantitative estimate of drug-likeness (QED) is 0.295. The summed E-state index contributed by atoms with van der Waals surface area (Å²) in [6.07, 6.45) is 3.82. The fraction of sp³-hybridized carbons (Fsp3) is 0.583. The van der Waals surface area contributed by atoms with Crippen molar-refractivity contribution >= 4 is 65.2 Å². The molecule has 0 radical (unpaired) electrons. The summed E-state index contributed by atoms with van der Waals surface area (Å²) in [5.41, 5.74) is 1.63. The zero-order valence-electron chi connectivity index (χ0n) is 21.1. The molecule has 3 rings (SSSR count). The molecule has 0 N–H and O–H groups in total. The summed E-state index contributed by atoms with van der Waals surface area (Å²) in [7, 11) is 0. The topological polar surface area (TPSA) is 72.9 Å². The maximum Gasteiger partial charge on any atom is 0.240 e. The molecule has 2 heterocycles. The van der Waals surface area contributed by atoms with Crippen molar-refractivity contribution in [2.75, 3.05) is 36.2 Å². The van der Waals surface area contributed by atoms with Gasteiger partial charge in [-0.15, -0.1) is 0 Å². The van der Waals surface area contributed by atoms with E-state index < -0.39 is 0 Å². The highest BCUT2D eigenvalue weighted by Crippen LogP contribution is 2.37. The van der Waals surface area contributed by atoms with Crippen LogP contribution in [0.5, 0.6) is 0 Å². The first-order valence-corrected chi connectivity index (χ1v) is 13.8. The van der Waals surface area contributed by atoms with Gasteiger partial charge in [-0.25, -0.2) is 30.0 Å². The van der Waals surface area contributed by atoms with Gasteiger partial charge in [0.05, 0.1) is 20.4 Å². The van der Waals surface area contributed by atoms with Crippen molar-refractivity contribution in [1.82, 2.24) is 20.0 Å². The van der Waals surface area contributed by atoms with Crippen LogP contribution in [0.4, 0.5) is 10.3 Å². The monoisotopic (exact) mass is 504 g/mol. The van der Waals surface area contributed by atoms with Gasteiger partial charge in [0.2, 0.25) is 22.1 Å². The molecule has 0 fully saturated rings. The summed E-state index contributed by atoms with van der Waals surface area (Å²) in [5.74, 6) is -0.0700. The third-order valence-electron chi connectivity index (χ3n) is 5.33. The lowest BCUT2D eigenvalue weighted by Gasteiger charge is -2.31. The van der Waals surface area contributed by atoms with Gasteiger partial charge in [0.15, 0.2) is 0 Å². The number of carbonyl (C=O) groups excluding carboxylic acids is 2. The number of hydrazine groups is 2. The molecule has 0 spiro atoms. The fourth-order valence-electron chi connectivity index (χ4n) is 4.07. The molecule has 0 bridgehead atoms. The average molecular weight is 505 g/mol. The van der Waals surface area contributed by atoms with Crippen LogP contribution >= 0.6 is 22.7 Å². The lowest BCUT2D eigenvalue weighted by atomic mass is 10.3. The van der Waals surface area contributed by atoms with Crippen molar-refractivity contribution in [2.45, 2.75) is 67.2 Å². The Morgan fingerprint density at radius 2 is 1.03 bits per heavy atom. The molecule has 10 heteroatoms. The van der Waals surface area contributed by atoms with E-state index in [2.05, 4.69) is 43.8 Å². The lowest BCUT2D eigenvalue weighted by Crippen LogP contribution is -2.46. The van der Waals surface area contributed by atoms with Crippen LogP contribution in [-0.4, -0.2) is 58.0 Å². The minimum atomic E-state index is -0.0350. The molecule has 0 aliphatic rings. The number of hydrogen-bond acceptors (Lipinski definition) is 8. The Kier molecular flexibility index (Phi) is 9.35. The third kappa shape index (κ3) is 5.73. The molecular formula is C24H36N6O2S2. The van der Waals surface area contributed by atoms with Crippen molar-refractivity contribution in [3.8, 4) is 0 Å². The van der Waals surface area contributed by atoms with E-state index >= 15 is 0 Å². The third-order valence-corrected chi connectivity index (χ3v) is 7.31. The number of anilines is 2. The molecule has 3 aromatic rings. The SMILES string of the molecule is CCCN(CCC)N(C(C)=O)c1nc2cc3nc(N(C(C)=O)N(CCC)CCC)sc3cc2s1. The molecule has 1 aromatic carbocycles. The molecule has 0 aliphatic carbocycles. The number of thiazole rings is 2. The molecule has 0 aliphatic heterocycles. The Morgan fingerprint density at radius 3 is 1.32 bits per heavy atom. The van der Waals surface area contributed by atoms with Crippen LogP contribution in [0.3, 0.4) is 0 Å². The van der Waals surface area contributed by atoms with E-state index in [1.165, 1.54) is 22.7 Å². The second-order valence-electron chi connectivity index (χ2n) is 8.35. The number of hydrogen-bond donors (Lipinski definition) is 0. The molecule has 34 heavy (non-hydrogen) atoms. The van der Waals surface area contributed by atoms with E-state index in [-0.39, 0.29) is 11.8 Å². The van der Waals surface area contributed by atoms with E-state index in [9.17, 15) is 9.59 Å². The molecular weight excluding hydrogens is 468 g/mol. The maximum atomic E-state index is 12.5. The van der Waals surface area contributed by atoms with E-state index in [1.54, 1.807) is 23.9 Å². The summed E-state index contributed by atoms with van der Waals surface area (Å²) in [4.78, 5) is 34.7. The van der Waals surface area contributed by atoms with Gasteiger partial charge in [-0.1, -0.05) is 50.4 Å². The molecule has 0 saturated heterocycles. The van der Waals surface area contributed by atoms with Crippen LogP contribution in [0.1, 0.15) is 67.2 Å². The first-order chi connectivity index (χ1) is 16.3. The Hall–Kier alpha value is -2.14. The summed E-state index contributed by atoms with van der Waals surface area (Å²) in [6.45, 7) is 14.8. The normalized spacial score (nSPS) is 11.8. The lowest BCUT2D eigenvalue weighted by molar-refractivity contribution is -0.120. The predicted molar refractivity (Wildman–Crippen MR) is 143 cm³/mol. The molecule has 0 unspecified atom stereocenters. The minimum absolute atomic E-state index is 0.0350. The number of amides is 2. The van der Waals surface area contributed by atoms with Crippen molar-refractivity contribution in [2.24, 2.45) is 0 Å². The highest BCUT2D eigenvalue weighted by molar-refractivity contribution is 7.24. The standard InChI is InChI=1S/C24H36N6O2S2/c1-7-11-27(12-8-2)29(17(5)31)23-25-19-15-20-22(16-21(19)33-23)34-24(26-20)30(18(6)32)28(13-9-3)14-10-4/h15-16H,7-14H2,1-6H3. The van der Waals surface area contributed by atoms with Gasteiger partial charge in [-0.05, 0) is 37.8 Å². The Labute approximate surface area is 210 Å². The summed E-state index contributed by atoms with van der Waals surface area (Å²) >= 11 is 3.03. The molecule has 8 nitrogen and oxygen atoms in total. The van der Waals surface area contributed by atoms with Crippen LogP contribution in [0.15, 0.2) is 12.1 Å². The van der Waals surface area contributed by atoms with Crippen LogP contribution < -0.4 is 10.0 Å². The van der Waals surface area contributed by atoms with E-state index in [4.69, 9.17) is 9.97 Å². The number of carbonyl (C=O) groups is 2. The van der Waals surface area contributed by atoms with Gasteiger partial charge >= 0.3 is 0 Å². The van der Waals surface area contributed by atoms with Gasteiger partial charge < -0.3 is 0 Å². The second kappa shape index (κ2) is 12.0. The first-order valence-electron chi connectivity index (χ1n) is 12.2. The number of fused-ring (bicyclic) bond motifs is 2. The molecule has 186 valence electrons. The van der Waals surface area contributed by atoms with E-state index in [1.807, 2.05) is 6.07 Å². The number of aromatic nitrogens is 2. The number of nitrogens with zero attached hydrogens (tertiary/aromatic N) is 6. The molecule has 2 aromatic heterocycles. The summed E-state index contributed by atoms with van der Waals surface area (Å²) < 4.78 is 2.01. The maximum absolute atomic E-state index is 12.5. The second-order valence-corrected chi connectivity index (χ2v) is 10.4. The molecule has 2 amide bonds. The molecule has 0 atom stereocenters. The highest BCUT2D eigenvalue weighted by atomic mass is 32.1. The smallest absolute Gasteiger partial charge is 0.240 e. The minimum Gasteiger partial charge on any atom is -0.273 e. The van der Waals surface area contributed by atoms with Crippen molar-refractivity contribution < 1.29 is 9.59 Å². The summed E-state index contributed by atoms with van der Waals surface area (Å²) in [5, 5.41) is 8.97. The summed E-state index contributed by atoms with van der Waals surface area (Å²) in [6, 6.07) is 4.05. The van der Waals surface area contributed by atoms with Gasteiger partial charge in [0.25, 0.3) is 0 Å². The highest BCUT2D eigenvalue weighted by Gasteiger charge is 2.25. The zero-order chi connectivity index (χ0) is 24.8. The molecule has 0 saturated carbocycles. The van der Waals surface area contributed by atoms with Gasteiger partial charge in [-0.3, -0.25) is 9.59 Å². The van der Waals surface area contributed by atoms with E-state index in [0.29, 0.717) is 10.3 Å². The predicted octanol–water partition coefficient (Wildman–Crippen LogP) is 5.69. The fourth-order valence-corrected chi connectivity index (χ4v) is 6.26. The van der Waals surface area contributed by atoms with Gasteiger partial charge in [0, 0.05) is 40.0 Å². The van der Waals surface area contributed by atoms with Crippen LogP contribution in [0.2, 0.25) is 0 Å². The van der Waals surface area contributed by atoms with Crippen molar-refractivity contribution in [1.29, 1.82) is 0 Å². The van der Waals surface area contributed by atoms with Gasteiger partial charge in [0.1, 0.15) is 0 Å². The van der Waals surface area contributed by atoms with E-state index in [0.717, 1.165) is 72.3 Å².